The molecule has 1 aliphatic rings. The van der Waals surface area contributed by atoms with Crippen LogP contribution in [0.4, 0.5) is 17.5 Å². The summed E-state index contributed by atoms with van der Waals surface area (Å²) in [5.41, 5.74) is 6.77. The van der Waals surface area contributed by atoms with Gasteiger partial charge in [-0.3, -0.25) is 9.59 Å². The third kappa shape index (κ3) is 4.71. The summed E-state index contributed by atoms with van der Waals surface area (Å²) in [5.74, 6) is 0.161. The predicted molar refractivity (Wildman–Crippen MR) is 110 cm³/mol. The Hall–Kier alpha value is -4.16. The molecule has 1 atom stereocenters. The summed E-state index contributed by atoms with van der Waals surface area (Å²) in [4.78, 5) is 29.6. The maximum absolute atomic E-state index is 11.8. The van der Waals surface area contributed by atoms with Gasteiger partial charge < -0.3 is 21.3 Å². The number of likely N-dealkylation sites (tertiary alicyclic amines) is 1. The highest BCUT2D eigenvalue weighted by molar-refractivity contribution is 5.96. The summed E-state index contributed by atoms with van der Waals surface area (Å²) in [6.45, 7) is 2.84. The van der Waals surface area contributed by atoms with Crippen molar-refractivity contribution >= 4 is 29.3 Å². The Bertz CT molecular complexity index is 1070. The average Bonchev–Trinajstić information content (AvgIpc) is 3.29. The SMILES string of the molecule is CC(=O)N1CCC[C@@H](Nc2nnc(C(N)=O)c(Nc3ccc(-c4nn[nH]n4)cc3)n2)C1. The molecule has 3 aromatic rings. The van der Waals surface area contributed by atoms with Crippen molar-refractivity contribution in [1.29, 1.82) is 0 Å². The number of tetrazole rings is 1. The third-order valence-corrected chi connectivity index (χ3v) is 4.87. The number of carbonyl (C=O) groups is 2. The Labute approximate surface area is 176 Å². The van der Waals surface area contributed by atoms with Gasteiger partial charge >= 0.3 is 0 Å². The van der Waals surface area contributed by atoms with E-state index in [1.165, 1.54) is 0 Å². The van der Waals surface area contributed by atoms with E-state index in [1.807, 2.05) is 0 Å². The molecule has 4 rings (SSSR count). The van der Waals surface area contributed by atoms with E-state index in [1.54, 1.807) is 36.1 Å². The van der Waals surface area contributed by atoms with Gasteiger partial charge in [0.1, 0.15) is 0 Å². The lowest BCUT2D eigenvalue weighted by Crippen LogP contribution is -2.44. The second-order valence-corrected chi connectivity index (χ2v) is 7.08. The molecule has 160 valence electrons. The van der Waals surface area contributed by atoms with Gasteiger partial charge in [0.25, 0.3) is 5.91 Å². The van der Waals surface area contributed by atoms with Gasteiger partial charge in [0.05, 0.1) is 0 Å². The van der Waals surface area contributed by atoms with Gasteiger partial charge in [-0.1, -0.05) is 0 Å². The molecule has 1 saturated heterocycles. The molecule has 0 spiro atoms. The van der Waals surface area contributed by atoms with Gasteiger partial charge in [0.15, 0.2) is 11.5 Å². The minimum atomic E-state index is -0.752. The van der Waals surface area contributed by atoms with E-state index >= 15 is 0 Å². The second kappa shape index (κ2) is 8.69. The highest BCUT2D eigenvalue weighted by Gasteiger charge is 2.23. The number of hydrogen-bond donors (Lipinski definition) is 4. The molecule has 2 amide bonds. The van der Waals surface area contributed by atoms with E-state index in [2.05, 4.69) is 46.4 Å². The summed E-state index contributed by atoms with van der Waals surface area (Å²) in [6, 6.07) is 7.13. The van der Waals surface area contributed by atoms with E-state index < -0.39 is 5.91 Å². The van der Waals surface area contributed by atoms with Crippen LogP contribution >= 0.6 is 0 Å². The first-order valence-corrected chi connectivity index (χ1v) is 9.67. The Kier molecular flexibility index (Phi) is 5.64. The highest BCUT2D eigenvalue weighted by atomic mass is 16.2. The number of carbonyl (C=O) groups excluding carboxylic acids is 2. The van der Waals surface area contributed by atoms with Crippen molar-refractivity contribution in [2.45, 2.75) is 25.8 Å². The summed E-state index contributed by atoms with van der Waals surface area (Å²) < 4.78 is 0. The summed E-state index contributed by atoms with van der Waals surface area (Å²) in [6.07, 6.45) is 1.74. The van der Waals surface area contributed by atoms with Crippen LogP contribution in [0.5, 0.6) is 0 Å². The Morgan fingerprint density at radius 2 is 2.00 bits per heavy atom. The van der Waals surface area contributed by atoms with Crippen molar-refractivity contribution in [3.8, 4) is 11.4 Å². The van der Waals surface area contributed by atoms with Crippen LogP contribution in [0.15, 0.2) is 24.3 Å². The number of amides is 2. The fourth-order valence-electron chi connectivity index (χ4n) is 3.33. The van der Waals surface area contributed by atoms with Crippen LogP contribution in [-0.4, -0.2) is 71.7 Å². The maximum Gasteiger partial charge on any atom is 0.273 e. The topological polar surface area (TPSA) is 181 Å². The lowest BCUT2D eigenvalue weighted by atomic mass is 10.1. The molecule has 0 aliphatic carbocycles. The molecule has 31 heavy (non-hydrogen) atoms. The van der Waals surface area contributed by atoms with Crippen molar-refractivity contribution < 1.29 is 9.59 Å². The smallest absolute Gasteiger partial charge is 0.273 e. The number of nitrogens with two attached hydrogens (primary N) is 1. The Morgan fingerprint density at radius 3 is 2.68 bits per heavy atom. The van der Waals surface area contributed by atoms with Crippen LogP contribution in [-0.2, 0) is 4.79 Å². The number of H-pyrrole nitrogens is 1. The summed E-state index contributed by atoms with van der Waals surface area (Å²) >= 11 is 0. The number of nitrogens with one attached hydrogen (secondary N) is 3. The zero-order chi connectivity index (χ0) is 21.8. The van der Waals surface area contributed by atoms with Gasteiger partial charge in [-0.25, -0.2) is 0 Å². The Morgan fingerprint density at radius 1 is 1.19 bits per heavy atom. The lowest BCUT2D eigenvalue weighted by molar-refractivity contribution is -0.129. The molecule has 0 saturated carbocycles. The largest absolute Gasteiger partial charge is 0.364 e. The van der Waals surface area contributed by atoms with Gasteiger partial charge in [-0.15, -0.1) is 20.4 Å². The van der Waals surface area contributed by atoms with Gasteiger partial charge in [0.2, 0.25) is 17.7 Å². The van der Waals surface area contributed by atoms with E-state index in [-0.39, 0.29) is 29.4 Å². The molecule has 1 aromatic carbocycles. The first-order valence-electron chi connectivity index (χ1n) is 9.67. The highest BCUT2D eigenvalue weighted by Crippen LogP contribution is 2.22. The van der Waals surface area contributed by atoms with E-state index in [4.69, 9.17) is 5.73 Å². The Balaban J connectivity index is 1.52. The molecule has 13 heteroatoms. The third-order valence-electron chi connectivity index (χ3n) is 4.87. The first kappa shape index (κ1) is 20.1. The molecule has 13 nitrogen and oxygen atoms in total. The number of rotatable bonds is 6. The zero-order valence-electron chi connectivity index (χ0n) is 16.7. The quantitative estimate of drug-likeness (QED) is 0.431. The molecule has 2 aromatic heterocycles. The van der Waals surface area contributed by atoms with E-state index in [0.29, 0.717) is 18.1 Å². The van der Waals surface area contributed by atoms with Crippen molar-refractivity contribution in [1.82, 2.24) is 40.7 Å². The minimum absolute atomic E-state index is 0.0130. The van der Waals surface area contributed by atoms with Crippen molar-refractivity contribution in [2.75, 3.05) is 23.7 Å². The monoisotopic (exact) mass is 423 g/mol. The molecule has 1 aliphatic heterocycles. The molecule has 0 unspecified atom stereocenters. The zero-order valence-corrected chi connectivity index (χ0v) is 16.7. The van der Waals surface area contributed by atoms with Crippen molar-refractivity contribution in [2.24, 2.45) is 5.73 Å². The standard InChI is InChI=1S/C18H21N11O2/c1-10(30)29-8-2-3-13(9-29)21-18-22-17(14(15(19)31)23-26-18)20-12-6-4-11(5-7-12)16-24-27-28-25-16/h4-7,13H,2-3,8-9H2,1H3,(H2,19,31)(H2,20,21,22,26)(H,24,25,27,28)/t13-/m1/s1. The molecular formula is C18H21N11O2. The lowest BCUT2D eigenvalue weighted by Gasteiger charge is -2.32. The minimum Gasteiger partial charge on any atom is -0.364 e. The van der Waals surface area contributed by atoms with Gasteiger partial charge in [0, 0.05) is 37.3 Å². The molecule has 0 bridgehead atoms. The second-order valence-electron chi connectivity index (χ2n) is 7.08. The molecule has 5 N–H and O–H groups in total. The number of nitrogens with zero attached hydrogens (tertiary/aromatic N) is 7. The summed E-state index contributed by atoms with van der Waals surface area (Å²) in [5, 5.41) is 27.9. The van der Waals surface area contributed by atoms with Crippen LogP contribution in [0.1, 0.15) is 30.3 Å². The van der Waals surface area contributed by atoms with Crippen LogP contribution in [0, 0.1) is 0 Å². The molecule has 0 radical (unpaired) electrons. The van der Waals surface area contributed by atoms with Crippen molar-refractivity contribution in [3.63, 3.8) is 0 Å². The predicted octanol–water partition coefficient (Wildman–Crippen LogP) is 0.317. The van der Waals surface area contributed by atoms with Crippen LogP contribution in [0.3, 0.4) is 0 Å². The molecule has 1 fully saturated rings. The molecule has 3 heterocycles. The van der Waals surface area contributed by atoms with Crippen LogP contribution < -0.4 is 16.4 Å². The van der Waals surface area contributed by atoms with Crippen LogP contribution in [0.2, 0.25) is 0 Å². The number of anilines is 3. The normalized spacial score (nSPS) is 16.0. The number of aromatic amines is 1. The number of piperidine rings is 1. The van der Waals surface area contributed by atoms with E-state index in [9.17, 15) is 9.59 Å². The average molecular weight is 423 g/mol. The fourth-order valence-corrected chi connectivity index (χ4v) is 3.33. The summed E-state index contributed by atoms with van der Waals surface area (Å²) in [7, 11) is 0. The number of hydrogen-bond acceptors (Lipinski definition) is 10. The molecular weight excluding hydrogens is 402 g/mol. The fraction of sp³-hybridized carbons (Fsp3) is 0.333. The number of primary amides is 1. The van der Waals surface area contributed by atoms with Crippen molar-refractivity contribution in [3.05, 3.63) is 30.0 Å². The van der Waals surface area contributed by atoms with Crippen LogP contribution in [0.25, 0.3) is 11.4 Å². The van der Waals surface area contributed by atoms with E-state index in [0.717, 1.165) is 24.9 Å². The maximum atomic E-state index is 11.8. The van der Waals surface area contributed by atoms with Gasteiger partial charge in [-0.05, 0) is 42.3 Å². The number of benzene rings is 1. The first-order chi connectivity index (χ1) is 15.0. The number of aromatic nitrogens is 7. The van der Waals surface area contributed by atoms with Gasteiger partial charge in [-0.2, -0.15) is 10.2 Å².